The molecule has 0 aliphatic rings. The van der Waals surface area contributed by atoms with Crippen molar-refractivity contribution < 1.29 is 0 Å². The Bertz CT molecular complexity index is 579. The number of hydrogen-bond donors (Lipinski definition) is 2. The molecule has 0 bridgehead atoms. The van der Waals surface area contributed by atoms with Crippen LogP contribution in [-0.4, -0.2) is 18.0 Å². The van der Waals surface area contributed by atoms with Gasteiger partial charge in [0.15, 0.2) is 5.96 Å². The van der Waals surface area contributed by atoms with Crippen molar-refractivity contribution in [2.24, 2.45) is 4.99 Å². The lowest BCUT2D eigenvalue weighted by atomic mass is 9.93. The zero-order valence-electron chi connectivity index (χ0n) is 12.9. The Kier molecular flexibility index (Phi) is 5.36. The van der Waals surface area contributed by atoms with E-state index in [0.717, 1.165) is 23.2 Å². The third-order valence-corrected chi connectivity index (χ3v) is 4.57. The summed E-state index contributed by atoms with van der Waals surface area (Å²) in [5, 5.41) is 14.0. The van der Waals surface area contributed by atoms with Gasteiger partial charge in [-0.2, -0.15) is 11.3 Å². The van der Waals surface area contributed by atoms with Crippen LogP contribution in [0.2, 0.25) is 0 Å². The smallest absolute Gasteiger partial charge is 0.191 e. The highest BCUT2D eigenvalue weighted by Crippen LogP contribution is 2.23. The molecule has 6 heteroatoms. The molecule has 21 heavy (non-hydrogen) atoms. The summed E-state index contributed by atoms with van der Waals surface area (Å²) in [7, 11) is 1.78. The normalized spacial score (nSPS) is 12.5. The van der Waals surface area contributed by atoms with Gasteiger partial charge < -0.3 is 10.6 Å². The van der Waals surface area contributed by atoms with Crippen LogP contribution in [0.15, 0.2) is 27.2 Å². The average Bonchev–Trinajstić information content (AvgIpc) is 3.09. The van der Waals surface area contributed by atoms with Crippen LogP contribution < -0.4 is 10.6 Å². The van der Waals surface area contributed by atoms with Crippen LogP contribution in [0, 0.1) is 0 Å². The molecular formula is C15H22N4S2. The fraction of sp³-hybridized carbons (Fsp3) is 0.467. The van der Waals surface area contributed by atoms with E-state index in [1.54, 1.807) is 29.7 Å². The summed E-state index contributed by atoms with van der Waals surface area (Å²) in [6.45, 7) is 8.03. The number of aliphatic imine (C=N–C) groups is 1. The third kappa shape index (κ3) is 4.82. The third-order valence-electron chi connectivity index (χ3n) is 2.99. The number of thiophene rings is 1. The predicted octanol–water partition coefficient (Wildman–Crippen LogP) is 3.37. The van der Waals surface area contributed by atoms with Crippen molar-refractivity contribution in [2.75, 3.05) is 7.05 Å². The van der Waals surface area contributed by atoms with E-state index in [2.05, 4.69) is 63.6 Å². The van der Waals surface area contributed by atoms with Gasteiger partial charge in [-0.3, -0.25) is 4.99 Å². The van der Waals surface area contributed by atoms with Gasteiger partial charge in [0.1, 0.15) is 5.01 Å². The molecule has 0 aliphatic heterocycles. The van der Waals surface area contributed by atoms with Crippen LogP contribution in [0.4, 0.5) is 0 Å². The number of aromatic nitrogens is 1. The molecule has 4 nitrogen and oxygen atoms in total. The summed E-state index contributed by atoms with van der Waals surface area (Å²) in [5.41, 5.74) is 2.52. The molecule has 2 aromatic rings. The summed E-state index contributed by atoms with van der Waals surface area (Å²) in [6.07, 6.45) is 0. The first-order chi connectivity index (χ1) is 9.99. The van der Waals surface area contributed by atoms with E-state index in [0.29, 0.717) is 6.54 Å². The number of nitrogens with one attached hydrogen (secondary N) is 2. The zero-order valence-corrected chi connectivity index (χ0v) is 14.6. The van der Waals surface area contributed by atoms with Gasteiger partial charge in [0.05, 0.1) is 12.2 Å². The standard InChI is InChI=1S/C15H22N4S2/c1-15(2,3)12-10-21-13(19-12)8-18-14(16-4)17-7-11-5-6-20-9-11/h5-6,9-10H,7-8H2,1-4H3,(H2,16,17,18). The lowest BCUT2D eigenvalue weighted by Crippen LogP contribution is -2.36. The van der Waals surface area contributed by atoms with Gasteiger partial charge >= 0.3 is 0 Å². The van der Waals surface area contributed by atoms with Gasteiger partial charge in [-0.15, -0.1) is 11.3 Å². The summed E-state index contributed by atoms with van der Waals surface area (Å²) in [6, 6.07) is 2.11. The number of hydrogen-bond acceptors (Lipinski definition) is 4. The van der Waals surface area contributed by atoms with E-state index >= 15 is 0 Å². The Labute approximate surface area is 134 Å². The number of rotatable bonds is 4. The lowest BCUT2D eigenvalue weighted by Gasteiger charge is -2.14. The Morgan fingerprint density at radius 1 is 1.24 bits per heavy atom. The van der Waals surface area contributed by atoms with Crippen LogP contribution in [0.3, 0.4) is 0 Å². The number of nitrogens with zero attached hydrogens (tertiary/aromatic N) is 2. The first kappa shape index (κ1) is 16.0. The Morgan fingerprint density at radius 3 is 2.57 bits per heavy atom. The molecule has 0 unspecified atom stereocenters. The van der Waals surface area contributed by atoms with Crippen molar-refractivity contribution >= 4 is 28.6 Å². The summed E-state index contributed by atoms with van der Waals surface area (Å²) in [5.74, 6) is 0.800. The summed E-state index contributed by atoms with van der Waals surface area (Å²) < 4.78 is 0. The van der Waals surface area contributed by atoms with Crippen molar-refractivity contribution in [3.05, 3.63) is 38.5 Å². The summed E-state index contributed by atoms with van der Waals surface area (Å²) in [4.78, 5) is 8.91. The molecule has 2 rings (SSSR count). The minimum Gasteiger partial charge on any atom is -0.352 e. The van der Waals surface area contributed by atoms with Gasteiger partial charge in [-0.25, -0.2) is 4.98 Å². The molecule has 0 amide bonds. The maximum absolute atomic E-state index is 4.67. The molecule has 0 aliphatic carbocycles. The van der Waals surface area contributed by atoms with Crippen LogP contribution in [0.1, 0.15) is 37.0 Å². The van der Waals surface area contributed by atoms with Crippen molar-refractivity contribution in [1.29, 1.82) is 0 Å². The molecule has 2 heterocycles. The van der Waals surface area contributed by atoms with Gasteiger partial charge in [-0.05, 0) is 22.4 Å². The topological polar surface area (TPSA) is 49.3 Å². The predicted molar refractivity (Wildman–Crippen MR) is 92.2 cm³/mol. The van der Waals surface area contributed by atoms with Crippen molar-refractivity contribution in [2.45, 2.75) is 39.3 Å². The highest BCUT2D eigenvalue weighted by molar-refractivity contribution is 7.09. The lowest BCUT2D eigenvalue weighted by molar-refractivity contribution is 0.570. The Balaban J connectivity index is 1.84. The Hall–Kier alpha value is -1.40. The highest BCUT2D eigenvalue weighted by Gasteiger charge is 2.17. The monoisotopic (exact) mass is 322 g/mol. The van der Waals surface area contributed by atoms with Gasteiger partial charge in [0.2, 0.25) is 0 Å². The van der Waals surface area contributed by atoms with Gasteiger partial charge in [0, 0.05) is 24.4 Å². The molecule has 0 fully saturated rings. The first-order valence-electron chi connectivity index (χ1n) is 6.89. The van der Waals surface area contributed by atoms with E-state index in [1.807, 2.05) is 0 Å². The molecule has 0 atom stereocenters. The zero-order chi connectivity index (χ0) is 15.3. The van der Waals surface area contributed by atoms with E-state index in [4.69, 9.17) is 0 Å². The molecular weight excluding hydrogens is 300 g/mol. The number of thiazole rings is 1. The van der Waals surface area contributed by atoms with Crippen LogP contribution in [-0.2, 0) is 18.5 Å². The van der Waals surface area contributed by atoms with E-state index < -0.39 is 0 Å². The first-order valence-corrected chi connectivity index (χ1v) is 8.72. The van der Waals surface area contributed by atoms with Crippen LogP contribution in [0.25, 0.3) is 0 Å². The van der Waals surface area contributed by atoms with Crippen molar-refractivity contribution in [3.63, 3.8) is 0 Å². The molecule has 0 saturated heterocycles. The number of guanidine groups is 1. The van der Waals surface area contributed by atoms with Gasteiger partial charge in [0.25, 0.3) is 0 Å². The van der Waals surface area contributed by atoms with Crippen LogP contribution in [0.5, 0.6) is 0 Å². The molecule has 0 aromatic carbocycles. The second-order valence-corrected chi connectivity index (χ2v) is 7.51. The van der Waals surface area contributed by atoms with Crippen LogP contribution >= 0.6 is 22.7 Å². The fourth-order valence-corrected chi connectivity index (χ4v) is 3.32. The fourth-order valence-electron chi connectivity index (χ4n) is 1.70. The maximum Gasteiger partial charge on any atom is 0.191 e. The summed E-state index contributed by atoms with van der Waals surface area (Å²) >= 11 is 3.40. The minimum absolute atomic E-state index is 0.105. The Morgan fingerprint density at radius 2 is 2.00 bits per heavy atom. The highest BCUT2D eigenvalue weighted by atomic mass is 32.1. The largest absolute Gasteiger partial charge is 0.352 e. The molecule has 2 N–H and O–H groups in total. The van der Waals surface area contributed by atoms with E-state index in [-0.39, 0.29) is 5.41 Å². The molecule has 0 saturated carbocycles. The molecule has 114 valence electrons. The minimum atomic E-state index is 0.105. The second kappa shape index (κ2) is 7.04. The van der Waals surface area contributed by atoms with E-state index in [1.165, 1.54) is 5.56 Å². The van der Waals surface area contributed by atoms with Gasteiger partial charge in [-0.1, -0.05) is 20.8 Å². The molecule has 0 radical (unpaired) electrons. The maximum atomic E-state index is 4.67. The van der Waals surface area contributed by atoms with Crippen molar-refractivity contribution in [3.8, 4) is 0 Å². The average molecular weight is 323 g/mol. The second-order valence-electron chi connectivity index (χ2n) is 5.79. The SMILES string of the molecule is CN=C(NCc1ccsc1)NCc1nc(C(C)(C)C)cs1. The van der Waals surface area contributed by atoms with E-state index in [9.17, 15) is 0 Å². The van der Waals surface area contributed by atoms with Crippen molar-refractivity contribution in [1.82, 2.24) is 15.6 Å². The molecule has 0 spiro atoms. The quantitative estimate of drug-likeness (QED) is 0.670. The molecule has 2 aromatic heterocycles.